The number of rotatable bonds is 6. The largest absolute Gasteiger partial charge is 0.459 e. The minimum Gasteiger partial charge on any atom is -0.459 e. The van der Waals surface area contributed by atoms with Gasteiger partial charge >= 0.3 is 18.9 Å². The van der Waals surface area contributed by atoms with Gasteiger partial charge in [-0.1, -0.05) is 16.2 Å². The van der Waals surface area contributed by atoms with Crippen molar-refractivity contribution in [2.24, 2.45) is 0 Å². The van der Waals surface area contributed by atoms with Crippen molar-refractivity contribution in [3.05, 3.63) is 0 Å². The Morgan fingerprint density at radius 3 is 2.50 bits per heavy atom. The summed E-state index contributed by atoms with van der Waals surface area (Å²) in [5, 5.41) is -1.11. The van der Waals surface area contributed by atoms with Crippen molar-refractivity contribution in [2.45, 2.75) is 32.0 Å². The van der Waals surface area contributed by atoms with E-state index in [9.17, 15) is 9.36 Å². The van der Waals surface area contributed by atoms with Crippen molar-refractivity contribution in [3.8, 4) is 0 Å². The molecule has 82 valence electrons. The van der Waals surface area contributed by atoms with Crippen LogP contribution in [0.5, 0.6) is 0 Å². The zero-order chi connectivity index (χ0) is 11.1. The van der Waals surface area contributed by atoms with Crippen LogP contribution in [-0.2, 0) is 18.8 Å². The molecule has 0 fully saturated rings. The van der Waals surface area contributed by atoms with E-state index in [0.29, 0.717) is 6.61 Å². The standard InChI is InChI=1S/C8H15ClO4P/c1-4-12-5-14(11)7(9)8(10)13-6(2)3/h6-7H,4-5H2,1-3H3/q+1. The summed E-state index contributed by atoms with van der Waals surface area (Å²) in [6.45, 7) is 5.64. The van der Waals surface area contributed by atoms with E-state index in [4.69, 9.17) is 21.1 Å². The van der Waals surface area contributed by atoms with Crippen LogP contribution in [0.3, 0.4) is 0 Å². The number of hydrogen-bond acceptors (Lipinski definition) is 4. The fourth-order valence-corrected chi connectivity index (χ4v) is 1.66. The van der Waals surface area contributed by atoms with Crippen molar-refractivity contribution < 1.29 is 18.8 Å². The third-order valence-corrected chi connectivity index (χ3v) is 3.21. The van der Waals surface area contributed by atoms with Gasteiger partial charge in [-0.15, -0.1) is 0 Å². The zero-order valence-corrected chi connectivity index (χ0v) is 10.2. The van der Waals surface area contributed by atoms with E-state index < -0.39 is 18.9 Å². The molecule has 0 radical (unpaired) electrons. The molecule has 0 aromatic rings. The number of carbonyl (C=O) groups excluding carboxylic acids is 1. The van der Waals surface area contributed by atoms with Gasteiger partial charge in [0.2, 0.25) is 6.35 Å². The second kappa shape index (κ2) is 7.16. The first-order valence-corrected chi connectivity index (χ1v) is 6.30. The summed E-state index contributed by atoms with van der Waals surface area (Å²) in [5.74, 6) is -0.650. The van der Waals surface area contributed by atoms with E-state index in [2.05, 4.69) is 0 Å². The Morgan fingerprint density at radius 1 is 1.50 bits per heavy atom. The SMILES string of the molecule is CCOC[P+](=O)C(Cl)C(=O)OC(C)C. The fraction of sp³-hybridized carbons (Fsp3) is 0.875. The summed E-state index contributed by atoms with van der Waals surface area (Å²) in [6, 6.07) is 0. The summed E-state index contributed by atoms with van der Waals surface area (Å²) in [6.07, 6.45) is -0.257. The summed E-state index contributed by atoms with van der Waals surface area (Å²) < 4.78 is 21.0. The minimum absolute atomic E-state index is 0.00675. The molecule has 0 aromatic carbocycles. The van der Waals surface area contributed by atoms with E-state index in [0.717, 1.165) is 0 Å². The Bertz CT molecular complexity index is 208. The van der Waals surface area contributed by atoms with Crippen LogP contribution < -0.4 is 0 Å². The number of halogens is 1. The molecule has 2 atom stereocenters. The van der Waals surface area contributed by atoms with Gasteiger partial charge in [-0.25, -0.2) is 4.79 Å². The molecule has 6 heteroatoms. The second-order valence-corrected chi connectivity index (χ2v) is 5.21. The van der Waals surface area contributed by atoms with Crippen LogP contribution in [-0.4, -0.2) is 30.1 Å². The molecule has 0 rings (SSSR count). The lowest BCUT2D eigenvalue weighted by molar-refractivity contribution is -0.145. The van der Waals surface area contributed by atoms with Crippen molar-refractivity contribution in [1.29, 1.82) is 0 Å². The fourth-order valence-electron chi connectivity index (χ4n) is 0.653. The van der Waals surface area contributed by atoms with E-state index in [1.807, 2.05) is 0 Å². The summed E-state index contributed by atoms with van der Waals surface area (Å²) in [7, 11) is -1.90. The van der Waals surface area contributed by atoms with Crippen LogP contribution in [0, 0.1) is 0 Å². The first-order valence-electron chi connectivity index (χ1n) is 4.35. The molecule has 4 nitrogen and oxygen atoms in total. The van der Waals surface area contributed by atoms with Gasteiger partial charge in [0.1, 0.15) is 0 Å². The smallest absolute Gasteiger partial charge is 0.398 e. The molecule has 0 amide bonds. The van der Waals surface area contributed by atoms with E-state index in [-0.39, 0.29) is 12.5 Å². The molecule has 0 bridgehead atoms. The lowest BCUT2D eigenvalue weighted by Crippen LogP contribution is -2.19. The minimum atomic E-state index is -1.90. The van der Waals surface area contributed by atoms with Crippen LogP contribution in [0.15, 0.2) is 0 Å². The molecular formula is C8H15ClO4P+. The van der Waals surface area contributed by atoms with E-state index in [1.54, 1.807) is 20.8 Å². The first-order chi connectivity index (χ1) is 6.49. The maximum atomic E-state index is 11.3. The van der Waals surface area contributed by atoms with Crippen molar-refractivity contribution >= 4 is 25.4 Å². The number of esters is 1. The molecule has 14 heavy (non-hydrogen) atoms. The number of carbonyl (C=O) groups is 1. The van der Waals surface area contributed by atoms with Gasteiger partial charge in [0.05, 0.1) is 6.10 Å². The highest BCUT2D eigenvalue weighted by Gasteiger charge is 2.37. The van der Waals surface area contributed by atoms with E-state index in [1.165, 1.54) is 0 Å². The predicted molar refractivity (Wildman–Crippen MR) is 55.0 cm³/mol. The zero-order valence-electron chi connectivity index (χ0n) is 8.53. The third kappa shape index (κ3) is 5.53. The first kappa shape index (κ1) is 13.8. The Balaban J connectivity index is 3.97. The molecule has 0 spiro atoms. The predicted octanol–water partition coefficient (Wildman–Crippen LogP) is 2.32. The molecule has 0 aliphatic rings. The number of alkyl halides is 1. The van der Waals surface area contributed by atoms with Gasteiger partial charge in [0.15, 0.2) is 0 Å². The van der Waals surface area contributed by atoms with Gasteiger partial charge in [-0.3, -0.25) is 0 Å². The van der Waals surface area contributed by atoms with Crippen LogP contribution in [0.1, 0.15) is 20.8 Å². The van der Waals surface area contributed by atoms with Crippen LogP contribution in [0.4, 0.5) is 0 Å². The highest BCUT2D eigenvalue weighted by atomic mass is 35.5. The van der Waals surface area contributed by atoms with Crippen LogP contribution >= 0.6 is 19.4 Å². The number of hydrogen-bond donors (Lipinski definition) is 0. The van der Waals surface area contributed by atoms with Crippen molar-refractivity contribution in [2.75, 3.05) is 13.0 Å². The Kier molecular flexibility index (Phi) is 7.06. The van der Waals surface area contributed by atoms with Gasteiger partial charge < -0.3 is 9.47 Å². The quantitative estimate of drug-likeness (QED) is 0.407. The summed E-state index contributed by atoms with van der Waals surface area (Å²) in [5.41, 5.74) is 0. The molecule has 2 unspecified atom stereocenters. The average molecular weight is 242 g/mol. The highest BCUT2D eigenvalue weighted by molar-refractivity contribution is 7.48. The molecule has 0 heterocycles. The Labute approximate surface area is 89.7 Å². The Hall–Kier alpha value is -0.180. The molecule has 0 saturated carbocycles. The van der Waals surface area contributed by atoms with Crippen LogP contribution in [0.25, 0.3) is 0 Å². The average Bonchev–Trinajstić information content (AvgIpc) is 2.11. The monoisotopic (exact) mass is 241 g/mol. The number of ether oxygens (including phenoxy) is 2. The maximum absolute atomic E-state index is 11.3. The molecule has 0 saturated heterocycles. The Morgan fingerprint density at radius 2 is 2.07 bits per heavy atom. The summed E-state index contributed by atoms with van der Waals surface area (Å²) >= 11 is 5.62. The third-order valence-electron chi connectivity index (χ3n) is 1.22. The molecule has 0 aliphatic heterocycles. The molecule has 0 aromatic heterocycles. The van der Waals surface area contributed by atoms with Crippen molar-refractivity contribution in [1.82, 2.24) is 0 Å². The van der Waals surface area contributed by atoms with Crippen LogP contribution in [0.2, 0.25) is 0 Å². The van der Waals surface area contributed by atoms with Gasteiger partial charge in [-0.05, 0) is 20.8 Å². The van der Waals surface area contributed by atoms with Gasteiger partial charge in [0.25, 0.3) is 0 Å². The van der Waals surface area contributed by atoms with Gasteiger partial charge in [0, 0.05) is 6.61 Å². The molecule has 0 aliphatic carbocycles. The molecular weight excluding hydrogens is 227 g/mol. The molecule has 0 N–H and O–H groups in total. The highest BCUT2D eigenvalue weighted by Crippen LogP contribution is 2.32. The maximum Gasteiger partial charge on any atom is 0.398 e. The topological polar surface area (TPSA) is 52.6 Å². The normalized spacial score (nSPS) is 13.9. The lowest BCUT2D eigenvalue weighted by atomic mass is 10.5. The lowest BCUT2D eigenvalue weighted by Gasteiger charge is -2.06. The summed E-state index contributed by atoms with van der Waals surface area (Å²) in [4.78, 5) is 11.2. The van der Waals surface area contributed by atoms with Gasteiger partial charge in [-0.2, -0.15) is 0 Å². The van der Waals surface area contributed by atoms with Crippen molar-refractivity contribution in [3.63, 3.8) is 0 Å². The van der Waals surface area contributed by atoms with E-state index >= 15 is 0 Å². The second-order valence-electron chi connectivity index (χ2n) is 2.86.